The molecule has 0 fully saturated rings. The van der Waals surface area contributed by atoms with Crippen molar-refractivity contribution in [1.29, 1.82) is 0 Å². The Labute approximate surface area is 171 Å². The number of ether oxygens (including phenoxy) is 2. The minimum Gasteiger partial charge on any atom is -0.497 e. The van der Waals surface area contributed by atoms with E-state index in [2.05, 4.69) is 36.4 Å². The van der Waals surface area contributed by atoms with Crippen LogP contribution in [0.25, 0.3) is 11.4 Å². The lowest BCUT2D eigenvalue weighted by atomic mass is 10.2. The van der Waals surface area contributed by atoms with Gasteiger partial charge in [0.05, 0.1) is 25.3 Å². The lowest BCUT2D eigenvalue weighted by Gasteiger charge is -2.14. The Bertz CT molecular complexity index is 954. The highest BCUT2D eigenvalue weighted by Gasteiger charge is 2.15. The highest BCUT2D eigenvalue weighted by Crippen LogP contribution is 2.25. The number of carbonyl (C=O) groups is 1. The van der Waals surface area contributed by atoms with Gasteiger partial charge in [-0.05, 0) is 56.3 Å². The number of amides is 1. The van der Waals surface area contributed by atoms with Crippen LogP contribution in [0.15, 0.2) is 46.9 Å². The summed E-state index contributed by atoms with van der Waals surface area (Å²) in [4.78, 5) is 17.0. The third kappa shape index (κ3) is 4.89. The molecule has 0 aliphatic carbocycles. The van der Waals surface area contributed by atoms with Gasteiger partial charge in [-0.3, -0.25) is 9.89 Å². The molecule has 2 aromatic carbocycles. The molecule has 3 rings (SSSR count). The smallest absolute Gasteiger partial charge is 0.255 e. The Morgan fingerprint density at radius 2 is 1.96 bits per heavy atom. The summed E-state index contributed by atoms with van der Waals surface area (Å²) in [5, 5.41) is 9.90. The second-order valence-corrected chi connectivity index (χ2v) is 7.24. The molecule has 0 aliphatic rings. The molecule has 1 heterocycles. The summed E-state index contributed by atoms with van der Waals surface area (Å²) in [5.74, 6) is 2.16. The minimum atomic E-state index is -0.245. The molecular formula is C20H21BrN4O3. The predicted octanol–water partition coefficient (Wildman–Crippen LogP) is 3.96. The molecule has 1 amide bonds. The van der Waals surface area contributed by atoms with Gasteiger partial charge in [0.25, 0.3) is 5.91 Å². The second-order valence-electron chi connectivity index (χ2n) is 6.32. The van der Waals surface area contributed by atoms with Crippen molar-refractivity contribution in [2.45, 2.75) is 26.5 Å². The van der Waals surface area contributed by atoms with E-state index < -0.39 is 0 Å². The number of rotatable bonds is 7. The lowest BCUT2D eigenvalue weighted by Crippen LogP contribution is -2.24. The first-order chi connectivity index (χ1) is 13.5. The number of carbonyl (C=O) groups excluding carboxylic acids is 1. The zero-order valence-corrected chi connectivity index (χ0v) is 17.4. The van der Waals surface area contributed by atoms with Crippen LogP contribution in [0.4, 0.5) is 0 Å². The lowest BCUT2D eigenvalue weighted by molar-refractivity contribution is 0.0944. The average Bonchev–Trinajstić information content (AvgIpc) is 3.15. The molecule has 0 saturated heterocycles. The van der Waals surface area contributed by atoms with Crippen LogP contribution in [0, 0.1) is 0 Å². The second kappa shape index (κ2) is 8.88. The molecule has 0 aliphatic heterocycles. The SMILES string of the molecule is COc1ccc(-c2n[nH]c(CNC(=O)c3ccc(Br)cc3OC(C)C)n2)cc1. The standard InChI is InChI=1S/C20H21BrN4O3/c1-12(2)28-17-10-14(21)6-9-16(17)20(26)22-11-18-23-19(25-24-18)13-4-7-15(27-3)8-5-13/h4-10,12H,11H2,1-3H3,(H,22,26)(H,23,24,25). The van der Waals surface area contributed by atoms with Crippen molar-refractivity contribution in [3.05, 3.63) is 58.3 Å². The van der Waals surface area contributed by atoms with Crippen LogP contribution in [0.1, 0.15) is 30.0 Å². The fraction of sp³-hybridized carbons (Fsp3) is 0.250. The average molecular weight is 445 g/mol. The summed E-state index contributed by atoms with van der Waals surface area (Å²) in [5.41, 5.74) is 1.32. The van der Waals surface area contributed by atoms with Crippen LogP contribution in [0.3, 0.4) is 0 Å². The van der Waals surface area contributed by atoms with Crippen molar-refractivity contribution in [3.8, 4) is 22.9 Å². The van der Waals surface area contributed by atoms with Crippen molar-refractivity contribution in [2.75, 3.05) is 7.11 Å². The topological polar surface area (TPSA) is 89.1 Å². The Morgan fingerprint density at radius 1 is 1.21 bits per heavy atom. The van der Waals surface area contributed by atoms with Crippen LogP contribution in [-0.2, 0) is 6.54 Å². The molecule has 146 valence electrons. The zero-order valence-electron chi connectivity index (χ0n) is 15.8. The number of nitrogens with one attached hydrogen (secondary N) is 2. The van der Waals surface area contributed by atoms with Gasteiger partial charge >= 0.3 is 0 Å². The number of aromatic nitrogens is 3. The van der Waals surface area contributed by atoms with E-state index in [1.165, 1.54) is 0 Å². The first kappa shape index (κ1) is 19.9. The van der Waals surface area contributed by atoms with Crippen molar-refractivity contribution in [3.63, 3.8) is 0 Å². The molecular weight excluding hydrogens is 424 g/mol. The number of H-pyrrole nitrogens is 1. The molecule has 0 unspecified atom stereocenters. The third-order valence-corrected chi connectivity index (χ3v) is 4.34. The molecule has 0 atom stereocenters. The summed E-state index contributed by atoms with van der Waals surface area (Å²) in [6, 6.07) is 12.8. The maximum atomic E-state index is 12.6. The van der Waals surface area contributed by atoms with E-state index in [0.717, 1.165) is 15.8 Å². The van der Waals surface area contributed by atoms with Gasteiger partial charge in [-0.25, -0.2) is 4.98 Å². The maximum absolute atomic E-state index is 12.6. The number of halogens is 1. The predicted molar refractivity (Wildman–Crippen MR) is 109 cm³/mol. The van der Waals surface area contributed by atoms with Gasteiger partial charge in [0, 0.05) is 10.0 Å². The Balaban J connectivity index is 1.67. The maximum Gasteiger partial charge on any atom is 0.255 e. The van der Waals surface area contributed by atoms with Gasteiger partial charge in [0.2, 0.25) is 0 Å². The van der Waals surface area contributed by atoms with Crippen LogP contribution in [0.5, 0.6) is 11.5 Å². The van der Waals surface area contributed by atoms with E-state index in [1.54, 1.807) is 25.3 Å². The number of methoxy groups -OCH3 is 1. The molecule has 0 radical (unpaired) electrons. The summed E-state index contributed by atoms with van der Waals surface area (Å²) >= 11 is 3.40. The van der Waals surface area contributed by atoms with Crippen molar-refractivity contribution < 1.29 is 14.3 Å². The molecule has 0 saturated carbocycles. The summed E-state index contributed by atoms with van der Waals surface area (Å²) in [6.07, 6.45) is -0.0396. The van der Waals surface area contributed by atoms with Crippen molar-refractivity contribution >= 4 is 21.8 Å². The summed E-state index contributed by atoms with van der Waals surface area (Å²) in [6.45, 7) is 4.05. The largest absolute Gasteiger partial charge is 0.497 e. The number of aromatic amines is 1. The quantitative estimate of drug-likeness (QED) is 0.575. The van der Waals surface area contributed by atoms with Crippen LogP contribution < -0.4 is 14.8 Å². The molecule has 1 aromatic heterocycles. The number of benzene rings is 2. The van der Waals surface area contributed by atoms with Crippen LogP contribution in [0.2, 0.25) is 0 Å². The minimum absolute atomic E-state index is 0.0396. The zero-order chi connectivity index (χ0) is 20.1. The molecule has 3 aromatic rings. The molecule has 2 N–H and O–H groups in total. The normalized spacial score (nSPS) is 10.8. The van der Waals surface area contributed by atoms with Gasteiger partial charge in [-0.15, -0.1) is 0 Å². The van der Waals surface area contributed by atoms with Gasteiger partial charge in [-0.2, -0.15) is 5.10 Å². The number of hydrogen-bond donors (Lipinski definition) is 2. The van der Waals surface area contributed by atoms with E-state index in [0.29, 0.717) is 23.0 Å². The Hall–Kier alpha value is -2.87. The highest BCUT2D eigenvalue weighted by atomic mass is 79.9. The van der Waals surface area contributed by atoms with E-state index in [4.69, 9.17) is 9.47 Å². The van der Waals surface area contributed by atoms with Gasteiger partial charge in [0.1, 0.15) is 17.3 Å². The van der Waals surface area contributed by atoms with Gasteiger partial charge < -0.3 is 14.8 Å². The van der Waals surface area contributed by atoms with E-state index in [1.807, 2.05) is 38.1 Å². The van der Waals surface area contributed by atoms with Crippen LogP contribution >= 0.6 is 15.9 Å². The first-order valence-corrected chi connectivity index (χ1v) is 9.55. The molecule has 28 heavy (non-hydrogen) atoms. The fourth-order valence-corrected chi connectivity index (χ4v) is 2.88. The van der Waals surface area contributed by atoms with E-state index in [-0.39, 0.29) is 18.6 Å². The third-order valence-electron chi connectivity index (χ3n) is 3.85. The van der Waals surface area contributed by atoms with Crippen LogP contribution in [-0.4, -0.2) is 34.3 Å². The summed E-state index contributed by atoms with van der Waals surface area (Å²) < 4.78 is 11.7. The van der Waals surface area contributed by atoms with Gasteiger partial charge in [0.15, 0.2) is 5.82 Å². The number of hydrogen-bond acceptors (Lipinski definition) is 5. The molecule has 0 bridgehead atoms. The highest BCUT2D eigenvalue weighted by molar-refractivity contribution is 9.10. The molecule has 7 nitrogen and oxygen atoms in total. The monoisotopic (exact) mass is 444 g/mol. The molecule has 8 heteroatoms. The summed E-state index contributed by atoms with van der Waals surface area (Å²) in [7, 11) is 1.62. The Morgan fingerprint density at radius 3 is 2.64 bits per heavy atom. The van der Waals surface area contributed by atoms with Crippen molar-refractivity contribution in [2.24, 2.45) is 0 Å². The fourth-order valence-electron chi connectivity index (χ4n) is 2.54. The van der Waals surface area contributed by atoms with Gasteiger partial charge in [-0.1, -0.05) is 15.9 Å². The number of nitrogens with zero attached hydrogens (tertiary/aromatic N) is 2. The first-order valence-electron chi connectivity index (χ1n) is 8.76. The van der Waals surface area contributed by atoms with Crippen molar-refractivity contribution in [1.82, 2.24) is 20.5 Å². The molecule has 0 spiro atoms. The van der Waals surface area contributed by atoms with E-state index >= 15 is 0 Å². The Kier molecular flexibility index (Phi) is 6.30. The van der Waals surface area contributed by atoms with E-state index in [9.17, 15) is 4.79 Å².